The molecule has 4 nitrogen and oxygen atoms in total. The van der Waals surface area contributed by atoms with Crippen LogP contribution in [-0.4, -0.2) is 14.8 Å². The van der Waals surface area contributed by atoms with E-state index in [4.69, 9.17) is 5.73 Å². The zero-order valence-electron chi connectivity index (χ0n) is 8.71. The zero-order valence-corrected chi connectivity index (χ0v) is 9.53. The Balaban J connectivity index is 2.29. The predicted molar refractivity (Wildman–Crippen MR) is 66.2 cm³/mol. The van der Waals surface area contributed by atoms with E-state index in [1.54, 1.807) is 22.2 Å². The first-order valence-electron chi connectivity index (χ1n) is 4.88. The molecule has 0 saturated carbocycles. The van der Waals surface area contributed by atoms with Gasteiger partial charge in [-0.15, -0.1) is 11.3 Å². The highest BCUT2D eigenvalue weighted by Gasteiger charge is 2.08. The molecule has 0 saturated heterocycles. The Labute approximate surface area is 96.3 Å². The minimum Gasteiger partial charge on any atom is -0.397 e. The number of pyridine rings is 1. The van der Waals surface area contributed by atoms with E-state index in [2.05, 4.69) is 10.1 Å². The van der Waals surface area contributed by atoms with E-state index in [1.807, 2.05) is 30.6 Å². The van der Waals surface area contributed by atoms with Crippen LogP contribution in [0.25, 0.3) is 21.6 Å². The largest absolute Gasteiger partial charge is 0.397 e. The Bertz CT molecular complexity index is 653. The topological polar surface area (TPSA) is 56.7 Å². The van der Waals surface area contributed by atoms with Gasteiger partial charge in [0.25, 0.3) is 0 Å². The van der Waals surface area contributed by atoms with Gasteiger partial charge in [0.2, 0.25) is 0 Å². The van der Waals surface area contributed by atoms with Crippen LogP contribution in [0.3, 0.4) is 0 Å². The van der Waals surface area contributed by atoms with Crippen LogP contribution >= 0.6 is 11.3 Å². The van der Waals surface area contributed by atoms with Crippen LogP contribution in [0.4, 0.5) is 5.69 Å². The standard InChI is InChI=1S/C11H10N4S/c1-15-10(2-4-13-15)9-6-7(12)11-8(14-9)3-5-16-11/h2-6H,1H3,(H2,12,14). The van der Waals surface area contributed by atoms with Gasteiger partial charge in [0.15, 0.2) is 0 Å². The minimum atomic E-state index is 0.774. The van der Waals surface area contributed by atoms with Crippen molar-refractivity contribution in [1.29, 1.82) is 0 Å². The molecule has 0 aliphatic rings. The summed E-state index contributed by atoms with van der Waals surface area (Å²) in [6, 6.07) is 5.81. The molecule has 80 valence electrons. The van der Waals surface area contributed by atoms with Crippen molar-refractivity contribution in [2.24, 2.45) is 7.05 Å². The highest BCUT2D eigenvalue weighted by molar-refractivity contribution is 7.17. The number of nitrogens with two attached hydrogens (primary N) is 1. The van der Waals surface area contributed by atoms with Gasteiger partial charge in [-0.05, 0) is 23.6 Å². The van der Waals surface area contributed by atoms with E-state index in [9.17, 15) is 0 Å². The molecule has 3 aromatic rings. The molecular weight excluding hydrogens is 220 g/mol. The number of fused-ring (bicyclic) bond motifs is 1. The number of anilines is 1. The summed E-state index contributed by atoms with van der Waals surface area (Å²) >= 11 is 1.61. The highest BCUT2D eigenvalue weighted by atomic mass is 32.1. The molecule has 0 bridgehead atoms. The summed E-state index contributed by atoms with van der Waals surface area (Å²) in [4.78, 5) is 4.57. The maximum absolute atomic E-state index is 6.00. The van der Waals surface area contributed by atoms with Crippen LogP contribution in [-0.2, 0) is 7.05 Å². The lowest BCUT2D eigenvalue weighted by atomic mass is 10.2. The van der Waals surface area contributed by atoms with Crippen molar-refractivity contribution in [2.75, 3.05) is 5.73 Å². The molecule has 0 amide bonds. The van der Waals surface area contributed by atoms with Gasteiger partial charge in [-0.25, -0.2) is 4.98 Å². The monoisotopic (exact) mass is 230 g/mol. The number of aromatic nitrogens is 3. The summed E-state index contributed by atoms with van der Waals surface area (Å²) in [7, 11) is 1.89. The average molecular weight is 230 g/mol. The molecule has 3 aromatic heterocycles. The second-order valence-corrected chi connectivity index (χ2v) is 4.49. The Morgan fingerprint density at radius 1 is 1.38 bits per heavy atom. The molecule has 2 N–H and O–H groups in total. The van der Waals surface area contributed by atoms with E-state index < -0.39 is 0 Å². The first kappa shape index (κ1) is 9.35. The molecule has 3 rings (SSSR count). The summed E-state index contributed by atoms with van der Waals surface area (Å²) in [6.45, 7) is 0. The van der Waals surface area contributed by atoms with Crippen molar-refractivity contribution in [3.05, 3.63) is 29.8 Å². The summed E-state index contributed by atoms with van der Waals surface area (Å²) in [5.41, 5.74) is 9.55. The van der Waals surface area contributed by atoms with Crippen LogP contribution in [0.5, 0.6) is 0 Å². The van der Waals surface area contributed by atoms with Crippen LogP contribution < -0.4 is 5.73 Å². The fraction of sp³-hybridized carbons (Fsp3) is 0.0909. The van der Waals surface area contributed by atoms with Crippen LogP contribution in [0, 0.1) is 0 Å². The number of hydrogen-bond donors (Lipinski definition) is 1. The van der Waals surface area contributed by atoms with Gasteiger partial charge in [-0.2, -0.15) is 5.10 Å². The van der Waals surface area contributed by atoms with Gasteiger partial charge in [0.1, 0.15) is 0 Å². The number of aryl methyl sites for hydroxylation is 1. The van der Waals surface area contributed by atoms with Gasteiger partial charge in [0, 0.05) is 13.2 Å². The van der Waals surface area contributed by atoms with Gasteiger partial charge >= 0.3 is 0 Å². The number of nitrogens with zero attached hydrogens (tertiary/aromatic N) is 3. The Hall–Kier alpha value is -1.88. The van der Waals surface area contributed by atoms with E-state index in [1.165, 1.54) is 0 Å². The molecule has 0 spiro atoms. The van der Waals surface area contributed by atoms with Crippen molar-refractivity contribution in [3.63, 3.8) is 0 Å². The quantitative estimate of drug-likeness (QED) is 0.697. The SMILES string of the molecule is Cn1nccc1-c1cc(N)c2sccc2n1. The van der Waals surface area contributed by atoms with Crippen LogP contribution in [0.1, 0.15) is 0 Å². The average Bonchev–Trinajstić information content (AvgIpc) is 2.85. The van der Waals surface area contributed by atoms with E-state index in [0.29, 0.717) is 0 Å². The molecule has 16 heavy (non-hydrogen) atoms. The Morgan fingerprint density at radius 2 is 2.25 bits per heavy atom. The molecule has 0 aliphatic carbocycles. The zero-order chi connectivity index (χ0) is 11.1. The fourth-order valence-corrected chi connectivity index (χ4v) is 2.50. The third-order valence-electron chi connectivity index (χ3n) is 2.52. The molecule has 0 aliphatic heterocycles. The second-order valence-electron chi connectivity index (χ2n) is 3.57. The molecular formula is C11H10N4S. The lowest BCUT2D eigenvalue weighted by Gasteiger charge is -2.03. The maximum atomic E-state index is 6.00. The van der Waals surface area contributed by atoms with Crippen LogP contribution in [0.15, 0.2) is 29.8 Å². The third-order valence-corrected chi connectivity index (χ3v) is 3.48. The lowest BCUT2D eigenvalue weighted by Crippen LogP contribution is -1.96. The van der Waals surface area contributed by atoms with Crippen molar-refractivity contribution >= 4 is 27.2 Å². The van der Waals surface area contributed by atoms with E-state index in [0.717, 1.165) is 27.3 Å². The van der Waals surface area contributed by atoms with E-state index >= 15 is 0 Å². The molecule has 0 radical (unpaired) electrons. The maximum Gasteiger partial charge on any atom is 0.0911 e. The predicted octanol–water partition coefficient (Wildman–Crippen LogP) is 2.28. The van der Waals surface area contributed by atoms with Crippen LogP contribution in [0.2, 0.25) is 0 Å². The van der Waals surface area contributed by atoms with Gasteiger partial charge in [0.05, 0.1) is 27.3 Å². The number of rotatable bonds is 1. The highest BCUT2D eigenvalue weighted by Crippen LogP contribution is 2.29. The number of thiophene rings is 1. The molecule has 3 heterocycles. The Morgan fingerprint density at radius 3 is 3.00 bits per heavy atom. The van der Waals surface area contributed by atoms with Crippen molar-refractivity contribution < 1.29 is 0 Å². The summed E-state index contributed by atoms with van der Waals surface area (Å²) in [6.07, 6.45) is 1.75. The van der Waals surface area contributed by atoms with E-state index in [-0.39, 0.29) is 0 Å². The number of hydrogen-bond acceptors (Lipinski definition) is 4. The fourth-order valence-electron chi connectivity index (χ4n) is 1.74. The summed E-state index contributed by atoms with van der Waals surface area (Å²) < 4.78 is 2.84. The van der Waals surface area contributed by atoms with Crippen molar-refractivity contribution in [2.45, 2.75) is 0 Å². The van der Waals surface area contributed by atoms with Crippen molar-refractivity contribution in [3.8, 4) is 11.4 Å². The van der Waals surface area contributed by atoms with Gasteiger partial charge in [-0.3, -0.25) is 4.68 Å². The van der Waals surface area contributed by atoms with Crippen molar-refractivity contribution in [1.82, 2.24) is 14.8 Å². The second kappa shape index (κ2) is 3.31. The van der Waals surface area contributed by atoms with Gasteiger partial charge in [-0.1, -0.05) is 0 Å². The number of nitrogen functional groups attached to an aromatic ring is 1. The lowest BCUT2D eigenvalue weighted by molar-refractivity contribution is 0.774. The summed E-state index contributed by atoms with van der Waals surface area (Å²) in [5.74, 6) is 0. The summed E-state index contributed by atoms with van der Waals surface area (Å²) in [5, 5.41) is 6.13. The first-order chi connectivity index (χ1) is 7.75. The smallest absolute Gasteiger partial charge is 0.0911 e. The molecule has 0 unspecified atom stereocenters. The molecule has 0 atom stereocenters. The molecule has 0 fully saturated rings. The normalized spacial score (nSPS) is 11.1. The molecule has 0 aromatic carbocycles. The Kier molecular flexibility index (Phi) is 1.94. The first-order valence-corrected chi connectivity index (χ1v) is 5.76. The third kappa shape index (κ3) is 1.29. The minimum absolute atomic E-state index is 0.774. The molecule has 5 heteroatoms. The van der Waals surface area contributed by atoms with Gasteiger partial charge < -0.3 is 5.73 Å².